The Morgan fingerprint density at radius 3 is 2.54 bits per heavy atom. The monoisotopic (exact) mass is 928 g/mol. The van der Waals surface area contributed by atoms with Gasteiger partial charge in [0, 0.05) is 90.4 Å². The van der Waals surface area contributed by atoms with Crippen molar-refractivity contribution < 1.29 is 32.7 Å². The van der Waals surface area contributed by atoms with Gasteiger partial charge in [0.1, 0.15) is 23.4 Å². The largest absolute Gasteiger partial charge is 0.381 e. The van der Waals surface area contributed by atoms with Gasteiger partial charge in [0.05, 0.1) is 35.4 Å². The van der Waals surface area contributed by atoms with Crippen LogP contribution < -0.4 is 16.0 Å². The molecule has 4 heterocycles. The second kappa shape index (κ2) is 21.5. The summed E-state index contributed by atoms with van der Waals surface area (Å²) in [5, 5.41) is 17.5. The topological polar surface area (TPSA) is 185 Å². The van der Waals surface area contributed by atoms with Gasteiger partial charge in [-0.25, -0.2) is 13.8 Å². The number of ether oxygens (including phenoxy) is 1. The Morgan fingerprint density at radius 1 is 0.955 bits per heavy atom. The first-order valence-corrected chi connectivity index (χ1v) is 22.3. The Bertz CT molecular complexity index is 2790. The van der Waals surface area contributed by atoms with Crippen molar-refractivity contribution in [3.05, 3.63) is 141 Å². The molecule has 344 valence electrons. The fraction of sp³-hybridized carbons (Fsp3) is 0.286. The fourth-order valence-electron chi connectivity index (χ4n) is 8.16. The molecule has 8 rings (SSSR count). The fourth-order valence-corrected chi connectivity index (χ4v) is 8.33. The molecule has 1 aromatic heterocycles. The Labute approximate surface area is 390 Å². The number of anilines is 1. The standard InChI is InChI=1S/C49H47ClF2N10O5/c1-53-26-32-27-55-47(45-39(51)6-4-7-40(45)52)38-25-33(50)10-14-37(38)46(32)57-34-11-8-30(9-12-34)41-29-61(60-59-41)21-2-3-22-67-23-5-19-54-20-18-44(64)56-35-13-15-36-31(24-35)28-62(49(36)66)42-16-17-43(63)58-48(42)65/h4,6-15,24-26,29,42,54H,1-3,5,16-23,27-28H2,(H,56,64)(H,58,63,65)/b32-26-,57-46+. The van der Waals surface area contributed by atoms with Gasteiger partial charge in [-0.15, -0.1) is 5.10 Å². The summed E-state index contributed by atoms with van der Waals surface area (Å²) in [4.78, 5) is 64.4. The van der Waals surface area contributed by atoms with Crippen LogP contribution in [-0.4, -0.2) is 101 Å². The number of aliphatic imine (C=N–C) groups is 3. The minimum Gasteiger partial charge on any atom is -0.381 e. The van der Waals surface area contributed by atoms with Gasteiger partial charge in [-0.05, 0) is 99.1 Å². The first-order valence-electron chi connectivity index (χ1n) is 22.0. The highest BCUT2D eigenvalue weighted by Crippen LogP contribution is 2.32. The first kappa shape index (κ1) is 46.4. The van der Waals surface area contributed by atoms with Gasteiger partial charge >= 0.3 is 0 Å². The summed E-state index contributed by atoms with van der Waals surface area (Å²) in [5.41, 5.74) is 6.00. The summed E-state index contributed by atoms with van der Waals surface area (Å²) in [6.07, 6.45) is 6.67. The minimum atomic E-state index is -0.740. The molecule has 67 heavy (non-hydrogen) atoms. The number of imide groups is 1. The summed E-state index contributed by atoms with van der Waals surface area (Å²) in [6, 6.07) is 20.7. The normalized spacial score (nSPS) is 17.0. The number of rotatable bonds is 18. The van der Waals surface area contributed by atoms with Crippen LogP contribution in [0.3, 0.4) is 0 Å². The molecule has 0 radical (unpaired) electrons. The molecular formula is C49H47ClF2N10O5. The molecule has 3 aliphatic heterocycles. The number of unbranched alkanes of at least 4 members (excludes halogenated alkanes) is 1. The number of nitrogens with one attached hydrogen (secondary N) is 3. The predicted octanol–water partition coefficient (Wildman–Crippen LogP) is 7.00. The number of hydrogen-bond donors (Lipinski definition) is 3. The van der Waals surface area contributed by atoms with Crippen LogP contribution in [0.2, 0.25) is 5.02 Å². The van der Waals surface area contributed by atoms with Crippen molar-refractivity contribution in [1.82, 2.24) is 30.5 Å². The van der Waals surface area contributed by atoms with Crippen LogP contribution >= 0.6 is 11.6 Å². The van der Waals surface area contributed by atoms with Crippen LogP contribution in [0.1, 0.15) is 71.1 Å². The molecule has 1 fully saturated rings. The molecule has 3 aliphatic rings. The van der Waals surface area contributed by atoms with E-state index in [9.17, 15) is 19.2 Å². The van der Waals surface area contributed by atoms with Gasteiger partial charge in [0.25, 0.3) is 5.91 Å². The van der Waals surface area contributed by atoms with Gasteiger partial charge in [0.15, 0.2) is 0 Å². The zero-order valence-corrected chi connectivity index (χ0v) is 37.2. The molecule has 1 atom stereocenters. The van der Waals surface area contributed by atoms with Gasteiger partial charge in [-0.1, -0.05) is 41.1 Å². The van der Waals surface area contributed by atoms with Gasteiger partial charge in [-0.3, -0.25) is 39.2 Å². The number of carbonyl (C=O) groups excluding carboxylic acids is 4. The van der Waals surface area contributed by atoms with Gasteiger partial charge in [-0.2, -0.15) is 0 Å². The van der Waals surface area contributed by atoms with Crippen molar-refractivity contribution in [2.24, 2.45) is 15.0 Å². The Hall–Kier alpha value is -7.08. The molecular weight excluding hydrogens is 882 g/mol. The summed E-state index contributed by atoms with van der Waals surface area (Å²) in [6.45, 7) is 6.96. The zero-order valence-electron chi connectivity index (χ0n) is 36.4. The number of piperidine rings is 1. The number of nitrogens with zero attached hydrogens (tertiary/aromatic N) is 7. The van der Waals surface area contributed by atoms with E-state index in [1.54, 1.807) is 47.3 Å². The van der Waals surface area contributed by atoms with E-state index in [0.717, 1.165) is 30.4 Å². The summed E-state index contributed by atoms with van der Waals surface area (Å²) >= 11 is 6.40. The van der Waals surface area contributed by atoms with E-state index in [-0.39, 0.29) is 54.9 Å². The maximum Gasteiger partial charge on any atom is 0.255 e. The minimum absolute atomic E-state index is 0.0488. The highest BCUT2D eigenvalue weighted by atomic mass is 35.5. The van der Waals surface area contributed by atoms with Gasteiger partial charge < -0.3 is 20.3 Å². The number of hydrogen-bond acceptors (Lipinski definition) is 11. The quantitative estimate of drug-likeness (QED) is 0.0477. The highest BCUT2D eigenvalue weighted by Gasteiger charge is 2.39. The lowest BCUT2D eigenvalue weighted by Gasteiger charge is -2.29. The number of benzene rings is 4. The maximum absolute atomic E-state index is 15.0. The number of carbonyl (C=O) groups is 4. The van der Waals surface area contributed by atoms with E-state index in [4.69, 9.17) is 21.3 Å². The van der Waals surface area contributed by atoms with Gasteiger partial charge in [0.2, 0.25) is 17.7 Å². The van der Waals surface area contributed by atoms with Crippen LogP contribution in [0.4, 0.5) is 20.2 Å². The third-order valence-corrected chi connectivity index (χ3v) is 11.7. The van der Waals surface area contributed by atoms with Crippen LogP contribution in [0.15, 0.2) is 112 Å². The van der Waals surface area contributed by atoms with Crippen molar-refractivity contribution in [2.45, 2.75) is 57.7 Å². The molecule has 0 spiro atoms. The molecule has 3 N–H and O–H groups in total. The molecule has 1 saturated heterocycles. The zero-order chi connectivity index (χ0) is 46.9. The maximum atomic E-state index is 15.0. The van der Waals surface area contributed by atoms with Crippen molar-refractivity contribution in [1.29, 1.82) is 0 Å². The van der Waals surface area contributed by atoms with Crippen molar-refractivity contribution in [3.8, 4) is 11.3 Å². The molecule has 18 heteroatoms. The summed E-state index contributed by atoms with van der Waals surface area (Å²) in [7, 11) is 0. The van der Waals surface area contributed by atoms with Crippen molar-refractivity contribution in [3.63, 3.8) is 0 Å². The number of aryl methyl sites for hydroxylation is 1. The molecule has 5 aromatic rings. The lowest BCUT2D eigenvalue weighted by Crippen LogP contribution is -2.52. The van der Waals surface area contributed by atoms with E-state index >= 15 is 8.78 Å². The molecule has 1 unspecified atom stereocenters. The Morgan fingerprint density at radius 2 is 1.75 bits per heavy atom. The van der Waals surface area contributed by atoms with Crippen LogP contribution in [0.25, 0.3) is 11.3 Å². The average molecular weight is 929 g/mol. The summed E-state index contributed by atoms with van der Waals surface area (Å²) in [5.74, 6) is -2.69. The lowest BCUT2D eigenvalue weighted by molar-refractivity contribution is -0.137. The Balaban J connectivity index is 0.740. The van der Waals surface area contributed by atoms with E-state index in [1.165, 1.54) is 23.1 Å². The number of aromatic nitrogens is 3. The third kappa shape index (κ3) is 11.1. The number of fused-ring (bicyclic) bond motifs is 2. The number of amides is 4. The van der Waals surface area contributed by atoms with E-state index in [2.05, 4.69) is 43.0 Å². The average Bonchev–Trinajstić information content (AvgIpc) is 3.88. The highest BCUT2D eigenvalue weighted by molar-refractivity contribution is 6.32. The van der Waals surface area contributed by atoms with E-state index in [0.29, 0.717) is 89.3 Å². The molecule has 0 aliphatic carbocycles. The predicted molar refractivity (Wildman–Crippen MR) is 251 cm³/mol. The van der Waals surface area contributed by atoms with E-state index < -0.39 is 23.6 Å². The molecule has 4 aromatic carbocycles. The van der Waals surface area contributed by atoms with Crippen molar-refractivity contribution >= 4 is 64.7 Å². The molecule has 0 saturated carbocycles. The molecule has 4 amide bonds. The van der Waals surface area contributed by atoms with Crippen LogP contribution in [0, 0.1) is 11.6 Å². The van der Waals surface area contributed by atoms with Crippen molar-refractivity contribution in [2.75, 3.05) is 38.2 Å². The third-order valence-electron chi connectivity index (χ3n) is 11.5. The second-order valence-electron chi connectivity index (χ2n) is 16.2. The smallest absolute Gasteiger partial charge is 0.255 e. The molecule has 0 bridgehead atoms. The van der Waals surface area contributed by atoms with Crippen LogP contribution in [-0.2, 0) is 32.2 Å². The summed E-state index contributed by atoms with van der Waals surface area (Å²) < 4.78 is 37.7. The number of halogens is 3. The molecule has 15 nitrogen and oxygen atoms in total. The lowest BCUT2D eigenvalue weighted by atomic mass is 9.93. The first-order chi connectivity index (χ1) is 32.6. The van der Waals surface area contributed by atoms with E-state index in [1.807, 2.05) is 30.5 Å². The Kier molecular flexibility index (Phi) is 14.9. The SMILES string of the molecule is C=N/C=C1/CN=C(c2c(F)cccc2F)c2cc(Cl)ccc2/C1=N/c1ccc(-c2cn(CCCCOCCCNCCC(=O)Nc3ccc4c(c3)CN(C3CCC(=O)NC3=O)C4=O)nn2)cc1. The second-order valence-corrected chi connectivity index (χ2v) is 16.6. The van der Waals surface area contributed by atoms with Crippen LogP contribution in [0.5, 0.6) is 0 Å².